The number of H-pyrrole nitrogens is 2. The number of hydrogen-bond acceptors (Lipinski definition) is 6. The summed E-state index contributed by atoms with van der Waals surface area (Å²) in [5.41, 5.74) is 14.2. The fourth-order valence-corrected chi connectivity index (χ4v) is 4.69. The molecular weight excluding hydrogens is 479 g/mol. The van der Waals surface area contributed by atoms with Crippen molar-refractivity contribution >= 4 is 33.2 Å². The second kappa shape index (κ2) is 9.60. The van der Waals surface area contributed by atoms with E-state index < -0.39 is 0 Å². The molecule has 190 valence electrons. The maximum absolute atomic E-state index is 14.6. The van der Waals surface area contributed by atoms with Crippen molar-refractivity contribution in [1.82, 2.24) is 30.0 Å². The third-order valence-corrected chi connectivity index (χ3v) is 6.55. The summed E-state index contributed by atoms with van der Waals surface area (Å²) in [6.07, 6.45) is 6.96. The molecule has 8 nitrogen and oxygen atoms in total. The number of nitrogens with zero attached hydrogens (tertiary/aromatic N) is 4. The van der Waals surface area contributed by atoms with Gasteiger partial charge in [-0.3, -0.25) is 15.1 Å². The molecule has 0 saturated carbocycles. The predicted octanol–water partition coefficient (Wildman–Crippen LogP) is 5.53. The minimum absolute atomic E-state index is 0.301. The Kier molecular flexibility index (Phi) is 5.97. The van der Waals surface area contributed by atoms with Gasteiger partial charge in [0.05, 0.1) is 28.6 Å². The number of nitrogen functional groups attached to an aromatic ring is 1. The van der Waals surface area contributed by atoms with Crippen LogP contribution in [-0.2, 0) is 0 Å². The summed E-state index contributed by atoms with van der Waals surface area (Å²) in [4.78, 5) is 14.2. The highest BCUT2D eigenvalue weighted by Gasteiger charge is 2.15. The van der Waals surface area contributed by atoms with Crippen molar-refractivity contribution in [2.45, 2.75) is 0 Å². The Morgan fingerprint density at radius 1 is 0.868 bits per heavy atom. The molecule has 0 unspecified atom stereocenters. The van der Waals surface area contributed by atoms with Crippen molar-refractivity contribution in [1.29, 1.82) is 0 Å². The number of pyridine rings is 2. The molecule has 38 heavy (non-hydrogen) atoms. The number of fused-ring (bicyclic) bond motifs is 2. The van der Waals surface area contributed by atoms with E-state index in [0.29, 0.717) is 12.2 Å². The molecule has 0 atom stereocenters. The van der Waals surface area contributed by atoms with E-state index in [1.54, 1.807) is 24.8 Å². The largest absolute Gasteiger partial charge is 0.397 e. The van der Waals surface area contributed by atoms with Crippen molar-refractivity contribution in [3.05, 3.63) is 79.1 Å². The van der Waals surface area contributed by atoms with Crippen molar-refractivity contribution in [3.8, 4) is 33.6 Å². The van der Waals surface area contributed by atoms with E-state index in [0.717, 1.165) is 67.7 Å². The van der Waals surface area contributed by atoms with Gasteiger partial charge in [-0.15, -0.1) is 0 Å². The molecule has 4 aromatic heterocycles. The van der Waals surface area contributed by atoms with Gasteiger partial charge >= 0.3 is 0 Å². The summed E-state index contributed by atoms with van der Waals surface area (Å²) in [5.74, 6) is -0.301. The molecule has 2 aromatic carbocycles. The second-order valence-corrected chi connectivity index (χ2v) is 9.63. The van der Waals surface area contributed by atoms with Crippen LogP contribution in [0.3, 0.4) is 0 Å². The van der Waals surface area contributed by atoms with Crippen LogP contribution >= 0.6 is 0 Å². The lowest BCUT2D eigenvalue weighted by atomic mass is 10.0. The monoisotopic (exact) mass is 506 g/mol. The van der Waals surface area contributed by atoms with Gasteiger partial charge in [0.25, 0.3) is 0 Å². The predicted molar refractivity (Wildman–Crippen MR) is 151 cm³/mol. The Morgan fingerprint density at radius 2 is 1.74 bits per heavy atom. The smallest absolute Gasteiger partial charge is 0.125 e. The van der Waals surface area contributed by atoms with Gasteiger partial charge in [-0.25, -0.2) is 4.39 Å². The van der Waals surface area contributed by atoms with E-state index in [1.807, 2.05) is 44.4 Å². The van der Waals surface area contributed by atoms with Gasteiger partial charge in [-0.2, -0.15) is 5.10 Å². The van der Waals surface area contributed by atoms with Crippen LogP contribution in [0.4, 0.5) is 15.8 Å². The fourth-order valence-electron chi connectivity index (χ4n) is 4.69. The van der Waals surface area contributed by atoms with Gasteiger partial charge in [0.2, 0.25) is 0 Å². The molecule has 5 N–H and O–H groups in total. The first-order chi connectivity index (χ1) is 18.4. The molecule has 4 heterocycles. The molecule has 0 aliphatic carbocycles. The number of aromatic nitrogens is 5. The van der Waals surface area contributed by atoms with Crippen molar-refractivity contribution in [3.63, 3.8) is 0 Å². The maximum atomic E-state index is 14.6. The molecular formula is C29H27FN8. The molecule has 0 aliphatic heterocycles. The lowest BCUT2D eigenvalue weighted by Crippen LogP contribution is -2.20. The fraction of sp³-hybridized carbons (Fsp3) is 0.138. The summed E-state index contributed by atoms with van der Waals surface area (Å²) >= 11 is 0. The summed E-state index contributed by atoms with van der Waals surface area (Å²) in [6.45, 7) is 1.56. The third kappa shape index (κ3) is 4.55. The van der Waals surface area contributed by atoms with E-state index in [9.17, 15) is 4.39 Å². The average Bonchev–Trinajstić information content (AvgIpc) is 3.51. The molecule has 0 fully saturated rings. The minimum atomic E-state index is -0.301. The number of nitrogens with two attached hydrogens (primary N) is 1. The third-order valence-electron chi connectivity index (χ3n) is 6.55. The average molecular weight is 507 g/mol. The van der Waals surface area contributed by atoms with Gasteiger partial charge in [-0.1, -0.05) is 6.07 Å². The van der Waals surface area contributed by atoms with E-state index in [1.165, 1.54) is 12.1 Å². The number of nitrogens with one attached hydrogen (secondary N) is 3. The molecule has 0 aliphatic rings. The van der Waals surface area contributed by atoms with Crippen molar-refractivity contribution < 1.29 is 4.39 Å². The molecule has 0 spiro atoms. The van der Waals surface area contributed by atoms with Crippen molar-refractivity contribution in [2.75, 3.05) is 38.2 Å². The Bertz CT molecular complexity index is 1770. The van der Waals surface area contributed by atoms with E-state index >= 15 is 0 Å². The molecule has 6 rings (SSSR count). The number of anilines is 2. The number of rotatable bonds is 7. The number of likely N-dealkylation sites (N-methyl/N-ethyl adjacent to an activating group) is 1. The zero-order chi connectivity index (χ0) is 26.2. The molecule has 0 saturated heterocycles. The Balaban J connectivity index is 1.40. The van der Waals surface area contributed by atoms with Crippen LogP contribution in [0.25, 0.3) is 55.4 Å². The number of aromatic amines is 2. The normalized spacial score (nSPS) is 11.6. The number of hydrogen-bond donors (Lipinski definition) is 4. The Labute approximate surface area is 218 Å². The molecule has 0 radical (unpaired) electrons. The van der Waals surface area contributed by atoms with Gasteiger partial charge < -0.3 is 20.9 Å². The lowest BCUT2D eigenvalue weighted by molar-refractivity contribution is 0.425. The maximum Gasteiger partial charge on any atom is 0.125 e. The lowest BCUT2D eigenvalue weighted by Gasteiger charge is -2.13. The first kappa shape index (κ1) is 23.6. The highest BCUT2D eigenvalue weighted by Crippen LogP contribution is 2.35. The summed E-state index contributed by atoms with van der Waals surface area (Å²) < 4.78 is 14.6. The van der Waals surface area contributed by atoms with Crippen LogP contribution in [0.15, 0.2) is 73.3 Å². The van der Waals surface area contributed by atoms with Gasteiger partial charge in [0.1, 0.15) is 11.5 Å². The SMILES string of the molecule is CN(C)CCNc1cc(F)cc(-c2cncc3[nH]c(-c4n[nH]c5ccc(-c6cncc(N)c6)cc45)cc23)c1. The molecule has 0 bridgehead atoms. The van der Waals surface area contributed by atoms with E-state index in [4.69, 9.17) is 5.73 Å². The minimum Gasteiger partial charge on any atom is -0.397 e. The van der Waals surface area contributed by atoms with Crippen LogP contribution in [-0.4, -0.2) is 57.2 Å². The Hall–Kier alpha value is -4.76. The van der Waals surface area contributed by atoms with Gasteiger partial charge in [0.15, 0.2) is 0 Å². The van der Waals surface area contributed by atoms with Gasteiger partial charge in [-0.05, 0) is 67.7 Å². The highest BCUT2D eigenvalue weighted by molar-refractivity contribution is 6.01. The zero-order valence-corrected chi connectivity index (χ0v) is 21.1. The van der Waals surface area contributed by atoms with Gasteiger partial charge in [0, 0.05) is 59.3 Å². The van der Waals surface area contributed by atoms with Crippen LogP contribution in [0.2, 0.25) is 0 Å². The first-order valence-electron chi connectivity index (χ1n) is 12.3. The quantitative estimate of drug-likeness (QED) is 0.227. The van der Waals surface area contributed by atoms with E-state index in [-0.39, 0.29) is 5.82 Å². The van der Waals surface area contributed by atoms with Crippen LogP contribution in [0.5, 0.6) is 0 Å². The standard InChI is InChI=1S/C29H27FN8/c1-38(2)6-5-34-22-9-18(7-20(30)11-22)25-15-33-16-28-23(25)12-27(35-28)29-24-10-17(3-4-26(24)36-37-29)19-8-21(31)14-32-13-19/h3-4,7-16,34-35H,5-6,31H2,1-2H3,(H,36,37). The van der Waals surface area contributed by atoms with Crippen molar-refractivity contribution in [2.24, 2.45) is 0 Å². The Morgan fingerprint density at radius 3 is 2.58 bits per heavy atom. The van der Waals surface area contributed by atoms with Crippen LogP contribution in [0.1, 0.15) is 0 Å². The zero-order valence-electron chi connectivity index (χ0n) is 21.1. The molecule has 0 amide bonds. The topological polar surface area (TPSA) is 112 Å². The summed E-state index contributed by atoms with van der Waals surface area (Å²) in [6, 6.07) is 15.0. The summed E-state index contributed by atoms with van der Waals surface area (Å²) in [7, 11) is 4.01. The second-order valence-electron chi connectivity index (χ2n) is 9.63. The highest BCUT2D eigenvalue weighted by atomic mass is 19.1. The van der Waals surface area contributed by atoms with E-state index in [2.05, 4.69) is 41.4 Å². The molecule has 9 heteroatoms. The van der Waals surface area contributed by atoms with Crippen LogP contribution < -0.4 is 11.1 Å². The molecule has 6 aromatic rings. The van der Waals surface area contributed by atoms with Crippen LogP contribution in [0, 0.1) is 5.82 Å². The first-order valence-corrected chi connectivity index (χ1v) is 12.3. The summed E-state index contributed by atoms with van der Waals surface area (Å²) in [5, 5.41) is 12.9. The number of benzene rings is 2. The number of halogens is 1.